The molecule has 1 N–H and O–H groups in total. The van der Waals surface area contributed by atoms with Gasteiger partial charge in [-0.15, -0.1) is 5.10 Å². The zero-order valence-corrected chi connectivity index (χ0v) is 16.2. The predicted octanol–water partition coefficient (Wildman–Crippen LogP) is 3.27. The van der Waals surface area contributed by atoms with E-state index in [1.165, 1.54) is 19.2 Å². The van der Waals surface area contributed by atoms with Crippen molar-refractivity contribution >= 4 is 46.6 Å². The highest BCUT2D eigenvalue weighted by atomic mass is 35.5. The van der Waals surface area contributed by atoms with Crippen LogP contribution < -0.4 is 10.1 Å². The number of halogens is 2. The molecule has 1 heterocycles. The molecule has 1 fully saturated rings. The summed E-state index contributed by atoms with van der Waals surface area (Å²) in [6, 6.07) is 2.96. The van der Waals surface area contributed by atoms with Gasteiger partial charge in [0, 0.05) is 6.08 Å². The maximum absolute atomic E-state index is 14.5. The van der Waals surface area contributed by atoms with E-state index >= 15 is 0 Å². The topological polar surface area (TPSA) is 89.4 Å². The fourth-order valence-electron chi connectivity index (χ4n) is 1.89. The van der Waals surface area contributed by atoms with Gasteiger partial charge in [0.2, 0.25) is 0 Å². The van der Waals surface area contributed by atoms with Crippen molar-refractivity contribution in [3.8, 4) is 5.75 Å². The van der Waals surface area contributed by atoms with E-state index in [1.807, 2.05) is 6.92 Å². The number of amidine groups is 1. The molecule has 0 aromatic heterocycles. The van der Waals surface area contributed by atoms with Gasteiger partial charge in [-0.25, -0.2) is 9.18 Å². The molecule has 0 spiro atoms. The molecule has 0 saturated carbocycles. The van der Waals surface area contributed by atoms with Crippen molar-refractivity contribution < 1.29 is 23.5 Å². The Labute approximate surface area is 164 Å². The number of ether oxygens (including phenoxy) is 2. The summed E-state index contributed by atoms with van der Waals surface area (Å²) in [5.74, 6) is -1.73. The fraction of sp³-hybridized carbons (Fsp3) is 0.294. The van der Waals surface area contributed by atoms with Crippen LogP contribution in [0.1, 0.15) is 25.3 Å². The Balaban J connectivity index is 2.13. The van der Waals surface area contributed by atoms with Gasteiger partial charge >= 0.3 is 5.97 Å². The third-order valence-electron chi connectivity index (χ3n) is 3.28. The molecule has 1 saturated heterocycles. The number of esters is 1. The summed E-state index contributed by atoms with van der Waals surface area (Å²) in [6.07, 6.45) is 3.90. The Kier molecular flexibility index (Phi) is 7.81. The monoisotopic (exact) mass is 413 g/mol. The molecule has 2 rings (SSSR count). The Morgan fingerprint density at radius 2 is 2.22 bits per heavy atom. The second kappa shape index (κ2) is 10.1. The van der Waals surface area contributed by atoms with Gasteiger partial charge in [0.05, 0.1) is 35.4 Å². The number of amides is 1. The van der Waals surface area contributed by atoms with Crippen molar-refractivity contribution in [2.24, 2.45) is 10.2 Å². The highest BCUT2D eigenvalue weighted by molar-refractivity contribution is 8.18. The van der Waals surface area contributed by atoms with Crippen LogP contribution >= 0.6 is 23.4 Å². The molecule has 0 atom stereocenters. The first-order valence-electron chi connectivity index (χ1n) is 7.97. The quantitative estimate of drug-likeness (QED) is 0.243. The third-order valence-corrected chi connectivity index (χ3v) is 4.51. The zero-order valence-electron chi connectivity index (χ0n) is 14.6. The minimum absolute atomic E-state index is 0.0228. The van der Waals surface area contributed by atoms with Crippen LogP contribution in [0.15, 0.2) is 33.3 Å². The number of carbonyl (C=O) groups is 2. The SMILES string of the molecule is CCCCOc1ccc(Cl)c(C=N/N=C2/NC(=O)/C(=C\C(=O)OC)S2)c1F. The maximum Gasteiger partial charge on any atom is 0.331 e. The molecule has 10 heteroatoms. The Hall–Kier alpha value is -2.39. The Morgan fingerprint density at radius 3 is 2.93 bits per heavy atom. The lowest BCUT2D eigenvalue weighted by Crippen LogP contribution is -2.19. The number of unbranched alkanes of at least 4 members (excludes halogenated alkanes) is 1. The molecule has 0 radical (unpaired) electrons. The van der Waals surface area contributed by atoms with Crippen LogP contribution in [0.4, 0.5) is 4.39 Å². The van der Waals surface area contributed by atoms with E-state index in [1.54, 1.807) is 0 Å². The smallest absolute Gasteiger partial charge is 0.331 e. The number of nitrogens with one attached hydrogen (secondary N) is 1. The first-order chi connectivity index (χ1) is 13.0. The molecular weight excluding hydrogens is 397 g/mol. The molecule has 0 unspecified atom stereocenters. The van der Waals surface area contributed by atoms with Crippen LogP contribution in [0.3, 0.4) is 0 Å². The fourth-order valence-corrected chi connectivity index (χ4v) is 2.82. The van der Waals surface area contributed by atoms with E-state index in [0.29, 0.717) is 6.61 Å². The number of hydrogen-bond acceptors (Lipinski definition) is 7. The van der Waals surface area contributed by atoms with E-state index in [-0.39, 0.29) is 26.4 Å². The van der Waals surface area contributed by atoms with Gasteiger partial charge in [-0.2, -0.15) is 5.10 Å². The van der Waals surface area contributed by atoms with Crippen molar-refractivity contribution in [3.63, 3.8) is 0 Å². The molecule has 1 amide bonds. The molecular formula is C17H17ClFN3O4S. The van der Waals surface area contributed by atoms with E-state index in [9.17, 15) is 14.0 Å². The van der Waals surface area contributed by atoms with E-state index < -0.39 is 17.7 Å². The number of carbonyl (C=O) groups excluding carboxylic acids is 2. The van der Waals surface area contributed by atoms with Gasteiger partial charge in [0.25, 0.3) is 5.91 Å². The molecule has 27 heavy (non-hydrogen) atoms. The highest BCUT2D eigenvalue weighted by Crippen LogP contribution is 2.27. The van der Waals surface area contributed by atoms with Gasteiger partial charge in [-0.05, 0) is 30.3 Å². The largest absolute Gasteiger partial charge is 0.490 e. The molecule has 7 nitrogen and oxygen atoms in total. The lowest BCUT2D eigenvalue weighted by atomic mass is 10.2. The minimum Gasteiger partial charge on any atom is -0.490 e. The number of benzene rings is 1. The van der Waals surface area contributed by atoms with E-state index in [4.69, 9.17) is 16.3 Å². The van der Waals surface area contributed by atoms with Gasteiger partial charge in [-0.3, -0.25) is 10.1 Å². The third kappa shape index (κ3) is 5.80. The first kappa shape index (κ1) is 20.9. The van der Waals surface area contributed by atoms with Crippen LogP contribution in [-0.2, 0) is 14.3 Å². The first-order valence-corrected chi connectivity index (χ1v) is 9.16. The van der Waals surface area contributed by atoms with Crippen molar-refractivity contribution in [1.82, 2.24) is 5.32 Å². The molecule has 1 aromatic carbocycles. The normalized spacial score (nSPS) is 17.0. The van der Waals surface area contributed by atoms with Crippen molar-refractivity contribution in [1.29, 1.82) is 0 Å². The molecule has 1 aliphatic rings. The summed E-state index contributed by atoms with van der Waals surface area (Å²) in [6.45, 7) is 2.40. The number of rotatable bonds is 7. The average Bonchev–Trinajstić information content (AvgIpc) is 2.99. The number of hydrogen-bond donors (Lipinski definition) is 1. The van der Waals surface area contributed by atoms with Gasteiger partial charge in [0.15, 0.2) is 16.7 Å². The molecule has 0 bridgehead atoms. The van der Waals surface area contributed by atoms with Crippen molar-refractivity contribution in [3.05, 3.63) is 39.5 Å². The van der Waals surface area contributed by atoms with Gasteiger partial charge in [0.1, 0.15) is 0 Å². The molecule has 1 aromatic rings. The molecule has 144 valence electrons. The van der Waals surface area contributed by atoms with E-state index in [0.717, 1.165) is 36.9 Å². The summed E-state index contributed by atoms with van der Waals surface area (Å²) in [5.41, 5.74) is 0.0228. The Bertz CT molecular complexity index is 827. The number of nitrogens with zero attached hydrogens (tertiary/aromatic N) is 2. The lowest BCUT2D eigenvalue weighted by Gasteiger charge is -2.08. The number of thioether (sulfide) groups is 1. The second-order valence-corrected chi connectivity index (χ2v) is 6.65. The summed E-state index contributed by atoms with van der Waals surface area (Å²) in [5, 5.41) is 10.3. The molecule has 0 aliphatic carbocycles. The predicted molar refractivity (Wildman–Crippen MR) is 103 cm³/mol. The standard InChI is InChI=1S/C17H17ClFN3O4S/c1-3-4-7-26-12-6-5-11(18)10(15(12)19)9-20-22-17-21-16(24)13(27-17)8-14(23)25-2/h5-6,8-9H,3-4,7H2,1-2H3,(H,21,22,24)/b13-8+,20-9?. The average molecular weight is 414 g/mol. The minimum atomic E-state index is -0.661. The Morgan fingerprint density at radius 1 is 1.44 bits per heavy atom. The van der Waals surface area contributed by atoms with Gasteiger partial charge in [-0.1, -0.05) is 24.9 Å². The zero-order chi connectivity index (χ0) is 19.8. The molecule has 1 aliphatic heterocycles. The summed E-state index contributed by atoms with van der Waals surface area (Å²) >= 11 is 6.91. The van der Waals surface area contributed by atoms with Crippen LogP contribution in [0.2, 0.25) is 5.02 Å². The van der Waals surface area contributed by atoms with Crippen molar-refractivity contribution in [2.45, 2.75) is 19.8 Å². The summed E-state index contributed by atoms with van der Waals surface area (Å²) < 4.78 is 24.3. The highest BCUT2D eigenvalue weighted by Gasteiger charge is 2.25. The van der Waals surface area contributed by atoms with Crippen LogP contribution in [0.25, 0.3) is 0 Å². The summed E-state index contributed by atoms with van der Waals surface area (Å²) in [4.78, 5) is 23.0. The van der Waals surface area contributed by atoms with Crippen molar-refractivity contribution in [2.75, 3.05) is 13.7 Å². The van der Waals surface area contributed by atoms with Gasteiger partial charge < -0.3 is 9.47 Å². The lowest BCUT2D eigenvalue weighted by molar-refractivity contribution is -0.135. The van der Waals surface area contributed by atoms with Crippen LogP contribution in [0.5, 0.6) is 5.75 Å². The summed E-state index contributed by atoms with van der Waals surface area (Å²) in [7, 11) is 1.20. The number of methoxy groups -OCH3 is 1. The van der Waals surface area contributed by atoms with E-state index in [2.05, 4.69) is 20.3 Å². The van der Waals surface area contributed by atoms with Crippen LogP contribution in [0, 0.1) is 5.82 Å². The van der Waals surface area contributed by atoms with Crippen LogP contribution in [-0.4, -0.2) is 37.0 Å². The second-order valence-electron chi connectivity index (χ2n) is 5.21. The maximum atomic E-state index is 14.5.